The lowest BCUT2D eigenvalue weighted by Crippen LogP contribution is -2.10. The van der Waals surface area contributed by atoms with Crippen LogP contribution >= 0.6 is 11.8 Å². The summed E-state index contributed by atoms with van der Waals surface area (Å²) in [6, 6.07) is 1.54. The van der Waals surface area contributed by atoms with Gasteiger partial charge in [0.1, 0.15) is 10.8 Å². The molecule has 0 unspecified atom stereocenters. The summed E-state index contributed by atoms with van der Waals surface area (Å²) in [5.41, 5.74) is 0.663. The fourth-order valence-corrected chi connectivity index (χ4v) is 2.45. The molecule has 0 aliphatic rings. The van der Waals surface area contributed by atoms with Gasteiger partial charge in [-0.3, -0.25) is 9.78 Å². The van der Waals surface area contributed by atoms with Crippen LogP contribution in [-0.4, -0.2) is 26.5 Å². The van der Waals surface area contributed by atoms with Crippen molar-refractivity contribution in [3.8, 4) is 0 Å². The number of aromatic amines is 1. The first kappa shape index (κ1) is 14.5. The highest BCUT2D eigenvalue weighted by molar-refractivity contribution is 7.99. The number of hydrogen-bond acceptors (Lipinski definition) is 6. The smallest absolute Gasteiger partial charge is 0.251 e. The number of H-pyrrole nitrogens is 1. The fourth-order valence-electron chi connectivity index (χ4n) is 1.68. The summed E-state index contributed by atoms with van der Waals surface area (Å²) < 4.78 is 0. The summed E-state index contributed by atoms with van der Waals surface area (Å²) in [7, 11) is 0. The first-order valence-electron chi connectivity index (χ1n) is 6.55. The van der Waals surface area contributed by atoms with Crippen molar-refractivity contribution in [1.82, 2.24) is 19.9 Å². The lowest BCUT2D eigenvalue weighted by Gasteiger charge is -2.05. The van der Waals surface area contributed by atoms with E-state index in [9.17, 15) is 4.79 Å². The average Bonchev–Trinajstić information content (AvgIpc) is 2.39. The molecular formula is C13H17N5OS. The van der Waals surface area contributed by atoms with E-state index in [0.717, 1.165) is 25.1 Å². The topological polar surface area (TPSA) is 83.6 Å². The number of aryl methyl sites for hydroxylation is 1. The van der Waals surface area contributed by atoms with Gasteiger partial charge in [-0.1, -0.05) is 13.3 Å². The minimum absolute atomic E-state index is 0.137. The van der Waals surface area contributed by atoms with Gasteiger partial charge in [0.2, 0.25) is 0 Å². The van der Waals surface area contributed by atoms with E-state index in [1.165, 1.54) is 17.8 Å². The number of rotatable bonds is 6. The number of anilines is 1. The Labute approximate surface area is 121 Å². The van der Waals surface area contributed by atoms with Crippen LogP contribution < -0.4 is 10.9 Å². The number of nitrogens with one attached hydrogen (secondary N) is 2. The van der Waals surface area contributed by atoms with Crippen LogP contribution in [0, 0.1) is 0 Å². The van der Waals surface area contributed by atoms with Crippen molar-refractivity contribution >= 4 is 17.6 Å². The van der Waals surface area contributed by atoms with Crippen molar-refractivity contribution in [2.75, 3.05) is 11.9 Å². The van der Waals surface area contributed by atoms with E-state index >= 15 is 0 Å². The van der Waals surface area contributed by atoms with E-state index in [2.05, 4.69) is 32.2 Å². The average molecular weight is 291 g/mol. The van der Waals surface area contributed by atoms with Crippen molar-refractivity contribution in [3.63, 3.8) is 0 Å². The van der Waals surface area contributed by atoms with Gasteiger partial charge in [-0.15, -0.1) is 0 Å². The van der Waals surface area contributed by atoms with Gasteiger partial charge in [-0.05, 0) is 25.1 Å². The molecule has 0 fully saturated rings. The lowest BCUT2D eigenvalue weighted by atomic mass is 10.2. The van der Waals surface area contributed by atoms with Gasteiger partial charge >= 0.3 is 0 Å². The van der Waals surface area contributed by atoms with Crippen LogP contribution in [0.5, 0.6) is 0 Å². The fraction of sp³-hybridized carbons (Fsp3) is 0.385. The zero-order valence-electron chi connectivity index (χ0n) is 11.5. The molecule has 0 radical (unpaired) electrons. The number of aromatic nitrogens is 4. The Morgan fingerprint density at radius 3 is 2.90 bits per heavy atom. The third-order valence-corrected chi connectivity index (χ3v) is 3.24. The Morgan fingerprint density at radius 1 is 1.30 bits per heavy atom. The van der Waals surface area contributed by atoms with Crippen molar-refractivity contribution in [1.29, 1.82) is 0 Å². The van der Waals surface area contributed by atoms with Crippen LogP contribution in [-0.2, 0) is 6.42 Å². The van der Waals surface area contributed by atoms with Gasteiger partial charge in [0.15, 0.2) is 5.16 Å². The van der Waals surface area contributed by atoms with Crippen molar-refractivity contribution in [2.24, 2.45) is 0 Å². The largest absolute Gasteiger partial charge is 0.369 e. The Morgan fingerprint density at radius 2 is 2.15 bits per heavy atom. The van der Waals surface area contributed by atoms with Gasteiger partial charge in [-0.2, -0.15) is 0 Å². The zero-order chi connectivity index (χ0) is 14.4. The van der Waals surface area contributed by atoms with Crippen molar-refractivity contribution < 1.29 is 0 Å². The monoisotopic (exact) mass is 291 g/mol. The van der Waals surface area contributed by atoms with Crippen LogP contribution in [0.1, 0.15) is 26.0 Å². The number of hydrogen-bond donors (Lipinski definition) is 2. The zero-order valence-corrected chi connectivity index (χ0v) is 12.3. The molecule has 2 rings (SSSR count). The first-order valence-corrected chi connectivity index (χ1v) is 7.37. The van der Waals surface area contributed by atoms with Gasteiger partial charge < -0.3 is 10.3 Å². The van der Waals surface area contributed by atoms with E-state index in [-0.39, 0.29) is 5.56 Å². The molecule has 0 aromatic carbocycles. The van der Waals surface area contributed by atoms with E-state index in [4.69, 9.17) is 0 Å². The molecule has 6 nitrogen and oxygen atoms in total. The Balaban J connectivity index is 2.20. The molecular weight excluding hydrogens is 274 g/mol. The van der Waals surface area contributed by atoms with Crippen LogP contribution in [0.15, 0.2) is 33.4 Å². The highest BCUT2D eigenvalue weighted by Gasteiger charge is 2.05. The third kappa shape index (κ3) is 4.06. The first-order chi connectivity index (χ1) is 9.71. The molecule has 106 valence electrons. The van der Waals surface area contributed by atoms with Crippen LogP contribution in [0.25, 0.3) is 0 Å². The van der Waals surface area contributed by atoms with E-state index < -0.39 is 0 Å². The van der Waals surface area contributed by atoms with Crippen LogP contribution in [0.4, 0.5) is 5.82 Å². The van der Waals surface area contributed by atoms with Crippen LogP contribution in [0.3, 0.4) is 0 Å². The second kappa shape index (κ2) is 7.04. The molecule has 2 aromatic heterocycles. The molecule has 0 saturated carbocycles. The third-order valence-electron chi connectivity index (χ3n) is 2.45. The molecule has 0 atom stereocenters. The molecule has 20 heavy (non-hydrogen) atoms. The van der Waals surface area contributed by atoms with E-state index in [0.29, 0.717) is 16.0 Å². The summed E-state index contributed by atoms with van der Waals surface area (Å²) in [5.74, 6) is 0.713. The summed E-state index contributed by atoms with van der Waals surface area (Å²) in [6.07, 6.45) is 5.06. The summed E-state index contributed by atoms with van der Waals surface area (Å²) in [4.78, 5) is 27.2. The molecule has 2 N–H and O–H groups in total. The molecule has 0 amide bonds. The second-order valence-electron chi connectivity index (χ2n) is 4.17. The predicted octanol–water partition coefficient (Wildman–Crippen LogP) is 2.10. The van der Waals surface area contributed by atoms with E-state index in [1.807, 2.05) is 6.92 Å². The van der Waals surface area contributed by atoms with Gasteiger partial charge in [-0.25, -0.2) is 9.97 Å². The number of nitrogens with zero attached hydrogens (tertiary/aromatic N) is 3. The molecule has 0 spiro atoms. The van der Waals surface area contributed by atoms with Crippen molar-refractivity contribution in [3.05, 3.63) is 34.5 Å². The van der Waals surface area contributed by atoms with Crippen molar-refractivity contribution in [2.45, 2.75) is 36.9 Å². The SMILES string of the molecule is CCCc1cc(=O)[nH]c(Sc2cncc(NCC)n2)n1. The predicted molar refractivity (Wildman–Crippen MR) is 79.2 cm³/mol. The van der Waals surface area contributed by atoms with Crippen LogP contribution in [0.2, 0.25) is 0 Å². The Hall–Kier alpha value is -1.89. The molecule has 0 aliphatic carbocycles. The molecule has 0 aliphatic heterocycles. The highest BCUT2D eigenvalue weighted by Crippen LogP contribution is 2.22. The summed E-state index contributed by atoms with van der Waals surface area (Å²) in [5, 5.41) is 4.34. The maximum Gasteiger partial charge on any atom is 0.251 e. The maximum absolute atomic E-state index is 11.6. The van der Waals surface area contributed by atoms with E-state index in [1.54, 1.807) is 12.4 Å². The second-order valence-corrected chi connectivity index (χ2v) is 5.18. The van der Waals surface area contributed by atoms with Gasteiger partial charge in [0.05, 0.1) is 12.4 Å². The normalized spacial score (nSPS) is 10.5. The van der Waals surface area contributed by atoms with Gasteiger partial charge in [0.25, 0.3) is 5.56 Å². The molecule has 0 bridgehead atoms. The Bertz CT molecular complexity index is 628. The minimum atomic E-state index is -0.137. The standard InChI is InChI=1S/C13H17N5OS/c1-3-5-9-6-11(19)18-13(16-9)20-12-8-14-7-10(17-12)15-4-2/h6-8H,3-5H2,1-2H3,(H,15,17)(H,16,18,19). The molecule has 7 heteroatoms. The quantitative estimate of drug-likeness (QED) is 0.793. The molecule has 0 saturated heterocycles. The minimum Gasteiger partial charge on any atom is -0.369 e. The lowest BCUT2D eigenvalue weighted by molar-refractivity contribution is 0.814. The maximum atomic E-state index is 11.6. The Kier molecular flexibility index (Phi) is 5.11. The molecule has 2 aromatic rings. The molecule has 2 heterocycles. The summed E-state index contributed by atoms with van der Waals surface area (Å²) in [6.45, 7) is 4.83. The van der Waals surface area contributed by atoms with Gasteiger partial charge in [0, 0.05) is 18.3 Å². The highest BCUT2D eigenvalue weighted by atomic mass is 32.2. The summed E-state index contributed by atoms with van der Waals surface area (Å²) >= 11 is 1.30.